The van der Waals surface area contributed by atoms with E-state index in [1.54, 1.807) is 0 Å². The Bertz CT molecular complexity index is 1270. The number of allylic oxidation sites excluding steroid dienone is 4. The molecule has 2 atom stereocenters. The van der Waals surface area contributed by atoms with E-state index in [1.165, 1.54) is 244 Å². The molecule has 0 aliphatic heterocycles. The van der Waals surface area contributed by atoms with E-state index in [4.69, 9.17) is 18.5 Å². The van der Waals surface area contributed by atoms with E-state index in [2.05, 4.69) is 38.2 Å². The number of hydrogen-bond acceptors (Lipinski definition) is 8. The van der Waals surface area contributed by atoms with Gasteiger partial charge in [0.1, 0.15) is 19.8 Å². The van der Waals surface area contributed by atoms with E-state index < -0.39 is 26.5 Å². The third-order valence-corrected chi connectivity index (χ3v) is 14.9. The van der Waals surface area contributed by atoms with Crippen LogP contribution in [-0.4, -0.2) is 70.0 Å². The third kappa shape index (κ3) is 57.8. The van der Waals surface area contributed by atoms with Crippen molar-refractivity contribution in [1.82, 2.24) is 0 Å². The SMILES string of the molecule is CCCCCCCCCC/C=C\CCCCCCCCCCCCCCCC(=O)OC(COC(=O)CCCCCCCCCCCCC/C=C\CCCCCCCCCC)COP(=O)([O-])OCC[N+](C)(C)C. The Morgan fingerprint density at radius 3 is 1.03 bits per heavy atom. The van der Waals surface area contributed by atoms with E-state index in [9.17, 15) is 19.0 Å². The molecule has 9 nitrogen and oxygen atoms in total. The van der Waals surface area contributed by atoms with Crippen molar-refractivity contribution >= 4 is 19.8 Å². The van der Waals surface area contributed by atoms with Crippen LogP contribution < -0.4 is 4.89 Å². The number of carbonyl (C=O) groups excluding carboxylic acids is 2. The number of ether oxygens (including phenoxy) is 2. The molecule has 0 amide bonds. The summed E-state index contributed by atoms with van der Waals surface area (Å²) in [5.74, 6) is -0.818. The number of phosphoric ester groups is 1. The molecule has 0 heterocycles. The standard InChI is InChI=1S/C62H120NO8P/c1-6-8-10-12-14-16-18-20-22-24-26-28-30-31-33-35-37-39-41-43-45-47-49-51-53-55-62(65)71-60(59-70-72(66,67)69-57-56-63(3,4)5)58-68-61(64)54-52-50-48-46-44-42-40-38-36-34-32-29-27-25-23-21-19-17-15-13-11-9-7-2/h24-27,60H,6-23,28-59H2,1-5H3/b26-24-,27-25-. The van der Waals surface area contributed by atoms with Gasteiger partial charge in [-0.25, -0.2) is 0 Å². The molecular formula is C62H120NO8P. The lowest BCUT2D eigenvalue weighted by molar-refractivity contribution is -0.870. The van der Waals surface area contributed by atoms with Gasteiger partial charge >= 0.3 is 11.9 Å². The number of nitrogens with zero attached hydrogens (tertiary/aromatic N) is 1. The van der Waals surface area contributed by atoms with Crippen LogP contribution in [0.1, 0.15) is 309 Å². The van der Waals surface area contributed by atoms with Crippen molar-refractivity contribution in [3.8, 4) is 0 Å². The summed E-state index contributed by atoms with van der Waals surface area (Å²) < 4.78 is 34.2. The van der Waals surface area contributed by atoms with E-state index in [0.717, 1.165) is 32.1 Å². The Kier molecular flexibility index (Phi) is 53.1. The maximum atomic E-state index is 12.8. The zero-order valence-electron chi connectivity index (χ0n) is 48.4. The molecule has 0 spiro atoms. The van der Waals surface area contributed by atoms with Gasteiger partial charge in [-0.1, -0.05) is 256 Å². The summed E-state index contributed by atoms with van der Waals surface area (Å²) >= 11 is 0. The second-order valence-corrected chi connectivity index (χ2v) is 23.8. The number of hydrogen-bond donors (Lipinski definition) is 0. The number of rotatable bonds is 58. The van der Waals surface area contributed by atoms with Crippen molar-refractivity contribution in [2.75, 3.05) is 47.5 Å². The van der Waals surface area contributed by atoms with Gasteiger partial charge in [0.15, 0.2) is 6.10 Å². The van der Waals surface area contributed by atoms with Gasteiger partial charge in [-0.2, -0.15) is 0 Å². The first-order valence-corrected chi connectivity index (χ1v) is 32.5. The summed E-state index contributed by atoms with van der Waals surface area (Å²) in [5.41, 5.74) is 0. The number of esters is 2. The maximum Gasteiger partial charge on any atom is 0.306 e. The lowest BCUT2D eigenvalue weighted by Gasteiger charge is -2.28. The smallest absolute Gasteiger partial charge is 0.306 e. The average Bonchev–Trinajstić information content (AvgIpc) is 3.34. The Morgan fingerprint density at radius 2 is 0.708 bits per heavy atom. The van der Waals surface area contributed by atoms with Crippen LogP contribution in [0.2, 0.25) is 0 Å². The minimum absolute atomic E-state index is 0.0284. The average molecular weight is 1040 g/mol. The van der Waals surface area contributed by atoms with Gasteiger partial charge in [0.05, 0.1) is 27.7 Å². The van der Waals surface area contributed by atoms with Crippen LogP contribution in [0, 0.1) is 0 Å². The fourth-order valence-corrected chi connectivity index (χ4v) is 9.85. The molecule has 10 heteroatoms. The van der Waals surface area contributed by atoms with E-state index >= 15 is 0 Å². The highest BCUT2D eigenvalue weighted by Gasteiger charge is 2.22. The van der Waals surface area contributed by atoms with E-state index in [-0.39, 0.29) is 32.0 Å². The van der Waals surface area contributed by atoms with Crippen molar-refractivity contribution in [2.45, 2.75) is 315 Å². The molecule has 0 aromatic heterocycles. The van der Waals surface area contributed by atoms with Gasteiger partial charge < -0.3 is 27.9 Å². The molecule has 0 aliphatic carbocycles. The zero-order chi connectivity index (χ0) is 52.7. The Morgan fingerprint density at radius 1 is 0.417 bits per heavy atom. The lowest BCUT2D eigenvalue weighted by Crippen LogP contribution is -2.37. The van der Waals surface area contributed by atoms with Crippen molar-refractivity contribution in [3.05, 3.63) is 24.3 Å². The lowest BCUT2D eigenvalue weighted by atomic mass is 10.0. The van der Waals surface area contributed by atoms with Gasteiger partial charge in [-0.3, -0.25) is 14.2 Å². The molecule has 72 heavy (non-hydrogen) atoms. The molecule has 0 N–H and O–H groups in total. The summed E-state index contributed by atoms with van der Waals surface area (Å²) in [7, 11) is 1.18. The minimum Gasteiger partial charge on any atom is -0.756 e. The summed E-state index contributed by atoms with van der Waals surface area (Å²) in [4.78, 5) is 37.9. The number of carbonyl (C=O) groups is 2. The molecule has 0 radical (unpaired) electrons. The highest BCUT2D eigenvalue weighted by atomic mass is 31.2. The highest BCUT2D eigenvalue weighted by molar-refractivity contribution is 7.45. The Labute approximate surface area is 447 Å². The number of phosphoric acid groups is 1. The minimum atomic E-state index is -4.63. The molecule has 0 fully saturated rings. The van der Waals surface area contributed by atoms with Crippen molar-refractivity contribution in [1.29, 1.82) is 0 Å². The molecule has 0 bridgehead atoms. The van der Waals surface area contributed by atoms with Crippen molar-refractivity contribution < 1.29 is 42.1 Å². The van der Waals surface area contributed by atoms with Gasteiger partial charge in [-0.15, -0.1) is 0 Å². The van der Waals surface area contributed by atoms with E-state index in [0.29, 0.717) is 17.4 Å². The molecule has 2 unspecified atom stereocenters. The van der Waals surface area contributed by atoms with Gasteiger partial charge in [0.25, 0.3) is 7.82 Å². The molecule has 0 rings (SSSR count). The van der Waals surface area contributed by atoms with Gasteiger partial charge in [0, 0.05) is 12.8 Å². The molecule has 0 saturated heterocycles. The topological polar surface area (TPSA) is 111 Å². The Balaban J connectivity index is 4.10. The molecule has 0 aromatic carbocycles. The van der Waals surface area contributed by atoms with Crippen LogP contribution in [0.3, 0.4) is 0 Å². The summed E-state index contributed by atoms with van der Waals surface area (Å²) in [6.07, 6.45) is 65.2. The predicted octanol–water partition coefficient (Wildman–Crippen LogP) is 18.7. The van der Waals surface area contributed by atoms with Crippen molar-refractivity contribution in [2.24, 2.45) is 0 Å². The molecule has 426 valence electrons. The van der Waals surface area contributed by atoms with Crippen LogP contribution in [0.5, 0.6) is 0 Å². The first-order chi connectivity index (χ1) is 35.0. The largest absolute Gasteiger partial charge is 0.756 e. The molecular weight excluding hydrogens is 918 g/mol. The number of likely N-dealkylation sites (N-methyl/N-ethyl adjacent to an activating group) is 1. The second kappa shape index (κ2) is 54.3. The monoisotopic (exact) mass is 1040 g/mol. The van der Waals surface area contributed by atoms with Crippen molar-refractivity contribution in [3.63, 3.8) is 0 Å². The summed E-state index contributed by atoms with van der Waals surface area (Å²) in [6, 6.07) is 0. The molecule has 0 aromatic rings. The summed E-state index contributed by atoms with van der Waals surface area (Å²) in [5, 5.41) is 0. The van der Waals surface area contributed by atoms with Crippen LogP contribution in [-0.2, 0) is 32.7 Å². The highest BCUT2D eigenvalue weighted by Crippen LogP contribution is 2.38. The second-order valence-electron chi connectivity index (χ2n) is 22.4. The number of unbranched alkanes of at least 4 members (excludes halogenated alkanes) is 40. The van der Waals surface area contributed by atoms with Gasteiger partial charge in [0.2, 0.25) is 0 Å². The first kappa shape index (κ1) is 70.5. The van der Waals surface area contributed by atoms with Crippen LogP contribution >= 0.6 is 7.82 Å². The first-order valence-electron chi connectivity index (χ1n) is 31.0. The fourth-order valence-electron chi connectivity index (χ4n) is 9.12. The van der Waals surface area contributed by atoms with Crippen LogP contribution in [0.15, 0.2) is 24.3 Å². The number of quaternary nitrogens is 1. The normalized spacial score (nSPS) is 13.4. The quantitative estimate of drug-likeness (QED) is 0.0195. The predicted molar refractivity (Wildman–Crippen MR) is 305 cm³/mol. The van der Waals surface area contributed by atoms with Crippen LogP contribution in [0.4, 0.5) is 0 Å². The van der Waals surface area contributed by atoms with E-state index in [1.807, 2.05) is 21.1 Å². The fraction of sp³-hybridized carbons (Fsp3) is 0.903. The molecule has 0 aliphatic rings. The Hall–Kier alpha value is -1.51. The maximum absolute atomic E-state index is 12.8. The molecule has 0 saturated carbocycles. The van der Waals surface area contributed by atoms with Gasteiger partial charge in [-0.05, 0) is 64.2 Å². The zero-order valence-corrected chi connectivity index (χ0v) is 49.3. The summed E-state index contributed by atoms with van der Waals surface area (Å²) in [6.45, 7) is 4.29. The van der Waals surface area contributed by atoms with Crippen LogP contribution in [0.25, 0.3) is 0 Å². The third-order valence-electron chi connectivity index (χ3n) is 13.9.